The van der Waals surface area contributed by atoms with Gasteiger partial charge in [-0.3, -0.25) is 4.79 Å². The average molecular weight is 240 g/mol. The molecule has 3 heteroatoms. The Balaban J connectivity index is 2.43. The summed E-state index contributed by atoms with van der Waals surface area (Å²) in [5.74, 6) is 0.298. The number of rotatable bonds is 4. The van der Waals surface area contributed by atoms with Gasteiger partial charge in [-0.1, -0.05) is 27.2 Å². The first-order valence-electron chi connectivity index (χ1n) is 6.93. The van der Waals surface area contributed by atoms with Gasteiger partial charge in [0.2, 0.25) is 5.91 Å². The van der Waals surface area contributed by atoms with Gasteiger partial charge in [-0.25, -0.2) is 0 Å². The minimum absolute atomic E-state index is 0.0878. The maximum Gasteiger partial charge on any atom is 0.223 e. The quantitative estimate of drug-likeness (QED) is 0.818. The van der Waals surface area contributed by atoms with Crippen molar-refractivity contribution in [2.24, 2.45) is 5.41 Å². The van der Waals surface area contributed by atoms with Crippen LogP contribution in [0.15, 0.2) is 0 Å². The van der Waals surface area contributed by atoms with Crippen molar-refractivity contribution < 1.29 is 4.79 Å². The number of likely N-dealkylation sites (N-methyl/N-ethyl adjacent to an activating group) is 1. The summed E-state index contributed by atoms with van der Waals surface area (Å²) in [6.45, 7) is 11.3. The smallest absolute Gasteiger partial charge is 0.223 e. The maximum atomic E-state index is 12.2. The number of piperidine rings is 1. The Labute approximate surface area is 106 Å². The van der Waals surface area contributed by atoms with E-state index in [9.17, 15) is 4.79 Å². The molecule has 1 unspecified atom stereocenters. The van der Waals surface area contributed by atoms with Gasteiger partial charge in [0.05, 0.1) is 0 Å². The molecule has 0 bridgehead atoms. The first kappa shape index (κ1) is 14.5. The molecule has 1 saturated heterocycles. The highest BCUT2D eigenvalue weighted by Gasteiger charge is 2.23. The van der Waals surface area contributed by atoms with E-state index < -0.39 is 0 Å². The first-order valence-corrected chi connectivity index (χ1v) is 6.93. The van der Waals surface area contributed by atoms with E-state index in [1.807, 2.05) is 4.90 Å². The molecule has 0 saturated carbocycles. The average Bonchev–Trinajstić information content (AvgIpc) is 2.24. The molecule has 3 nitrogen and oxygen atoms in total. The predicted molar refractivity (Wildman–Crippen MR) is 72.0 cm³/mol. The van der Waals surface area contributed by atoms with Crippen molar-refractivity contribution in [1.29, 1.82) is 0 Å². The second kappa shape index (κ2) is 6.39. The zero-order valence-corrected chi connectivity index (χ0v) is 11.9. The van der Waals surface area contributed by atoms with E-state index in [1.54, 1.807) is 0 Å². The summed E-state index contributed by atoms with van der Waals surface area (Å²) in [5.41, 5.74) is 0.0878. The van der Waals surface area contributed by atoms with E-state index in [2.05, 4.69) is 33.0 Å². The summed E-state index contributed by atoms with van der Waals surface area (Å²) in [4.78, 5) is 14.2. The van der Waals surface area contributed by atoms with Crippen molar-refractivity contribution in [2.75, 3.05) is 19.6 Å². The third-order valence-corrected chi connectivity index (χ3v) is 3.27. The third kappa shape index (κ3) is 5.53. The van der Waals surface area contributed by atoms with Crippen LogP contribution in [0.2, 0.25) is 0 Å². The van der Waals surface area contributed by atoms with Crippen LogP contribution in [0, 0.1) is 5.41 Å². The number of nitrogens with one attached hydrogen (secondary N) is 1. The fourth-order valence-electron chi connectivity index (χ4n) is 2.32. The zero-order valence-electron chi connectivity index (χ0n) is 11.9. The molecule has 1 rings (SSSR count). The van der Waals surface area contributed by atoms with Crippen LogP contribution < -0.4 is 5.32 Å². The van der Waals surface area contributed by atoms with Gasteiger partial charge in [0.1, 0.15) is 0 Å². The van der Waals surface area contributed by atoms with Crippen LogP contribution in [-0.4, -0.2) is 36.5 Å². The number of nitrogens with zero attached hydrogens (tertiary/aromatic N) is 1. The van der Waals surface area contributed by atoms with Gasteiger partial charge < -0.3 is 10.2 Å². The van der Waals surface area contributed by atoms with Gasteiger partial charge in [-0.2, -0.15) is 0 Å². The molecule has 1 atom stereocenters. The summed E-state index contributed by atoms with van der Waals surface area (Å²) in [6.07, 6.45) is 4.42. The molecule has 100 valence electrons. The minimum atomic E-state index is 0.0878. The third-order valence-electron chi connectivity index (χ3n) is 3.27. The highest BCUT2D eigenvalue weighted by Crippen LogP contribution is 2.20. The summed E-state index contributed by atoms with van der Waals surface area (Å²) in [5, 5.41) is 3.51. The van der Waals surface area contributed by atoms with Crippen molar-refractivity contribution in [3.8, 4) is 0 Å². The van der Waals surface area contributed by atoms with Gasteiger partial charge in [-0.05, 0) is 31.7 Å². The predicted octanol–water partition coefficient (Wildman–Crippen LogP) is 2.41. The Morgan fingerprint density at radius 3 is 2.53 bits per heavy atom. The lowest BCUT2D eigenvalue weighted by Crippen LogP contribution is -2.46. The number of carbonyl (C=O) groups excluding carboxylic acids is 1. The molecule has 0 aliphatic carbocycles. The van der Waals surface area contributed by atoms with Crippen LogP contribution in [0.1, 0.15) is 53.4 Å². The molecule has 1 aliphatic heterocycles. The Hall–Kier alpha value is -0.570. The van der Waals surface area contributed by atoms with E-state index in [-0.39, 0.29) is 5.41 Å². The molecule has 1 heterocycles. The topological polar surface area (TPSA) is 32.3 Å². The molecule has 0 spiro atoms. The van der Waals surface area contributed by atoms with Crippen LogP contribution >= 0.6 is 0 Å². The largest absolute Gasteiger partial charge is 0.341 e. The summed E-state index contributed by atoms with van der Waals surface area (Å²) < 4.78 is 0. The van der Waals surface area contributed by atoms with Crippen LogP contribution in [0.25, 0.3) is 0 Å². The Kier molecular flexibility index (Phi) is 5.44. The number of hydrogen-bond acceptors (Lipinski definition) is 2. The van der Waals surface area contributed by atoms with Crippen LogP contribution in [0.4, 0.5) is 0 Å². The highest BCUT2D eigenvalue weighted by molar-refractivity contribution is 5.76. The SMILES string of the molecule is CCN(CC1CCCCN1)C(=O)CC(C)(C)C. The van der Waals surface area contributed by atoms with Gasteiger partial charge in [-0.15, -0.1) is 0 Å². The second-order valence-electron chi connectivity index (χ2n) is 6.32. The van der Waals surface area contributed by atoms with E-state index >= 15 is 0 Å². The molecule has 1 fully saturated rings. The lowest BCUT2D eigenvalue weighted by molar-refractivity contribution is -0.133. The standard InChI is InChI=1S/C14H28N2O/c1-5-16(13(17)10-14(2,3)4)11-12-8-6-7-9-15-12/h12,15H,5-11H2,1-4H3. The molecule has 0 aromatic heterocycles. The molecule has 1 aliphatic rings. The van der Waals surface area contributed by atoms with Gasteiger partial charge in [0.25, 0.3) is 0 Å². The Morgan fingerprint density at radius 2 is 2.06 bits per heavy atom. The normalized spacial score (nSPS) is 21.3. The van der Waals surface area contributed by atoms with E-state index in [0.29, 0.717) is 18.4 Å². The summed E-state index contributed by atoms with van der Waals surface area (Å²) in [6, 6.07) is 0.507. The van der Waals surface area contributed by atoms with Crippen molar-refractivity contribution in [1.82, 2.24) is 10.2 Å². The Morgan fingerprint density at radius 1 is 1.35 bits per heavy atom. The van der Waals surface area contributed by atoms with Crippen LogP contribution in [0.3, 0.4) is 0 Å². The Bertz CT molecular complexity index is 239. The lowest BCUT2D eigenvalue weighted by Gasteiger charge is -2.31. The molecule has 0 radical (unpaired) electrons. The summed E-state index contributed by atoms with van der Waals surface area (Å²) in [7, 11) is 0. The van der Waals surface area contributed by atoms with Crippen molar-refractivity contribution in [2.45, 2.75) is 59.4 Å². The maximum absolute atomic E-state index is 12.2. The fourth-order valence-corrected chi connectivity index (χ4v) is 2.32. The summed E-state index contributed by atoms with van der Waals surface area (Å²) >= 11 is 0. The molecule has 17 heavy (non-hydrogen) atoms. The van der Waals surface area contributed by atoms with E-state index in [0.717, 1.165) is 19.6 Å². The number of hydrogen-bond donors (Lipinski definition) is 1. The van der Waals surface area contributed by atoms with Crippen LogP contribution in [-0.2, 0) is 4.79 Å². The first-order chi connectivity index (χ1) is 7.92. The van der Waals surface area contributed by atoms with Gasteiger partial charge >= 0.3 is 0 Å². The van der Waals surface area contributed by atoms with Crippen LogP contribution in [0.5, 0.6) is 0 Å². The molecule has 1 amide bonds. The molecule has 1 N–H and O–H groups in total. The zero-order chi connectivity index (χ0) is 12.9. The molecular weight excluding hydrogens is 212 g/mol. The molecule has 0 aromatic rings. The fraction of sp³-hybridized carbons (Fsp3) is 0.929. The second-order valence-corrected chi connectivity index (χ2v) is 6.32. The monoisotopic (exact) mass is 240 g/mol. The number of amides is 1. The van der Waals surface area contributed by atoms with Crippen molar-refractivity contribution in [3.63, 3.8) is 0 Å². The molecule has 0 aromatic carbocycles. The van der Waals surface area contributed by atoms with E-state index in [1.165, 1.54) is 19.3 Å². The van der Waals surface area contributed by atoms with Crippen molar-refractivity contribution in [3.05, 3.63) is 0 Å². The van der Waals surface area contributed by atoms with Gasteiger partial charge in [0.15, 0.2) is 0 Å². The molecular formula is C14H28N2O. The van der Waals surface area contributed by atoms with E-state index in [4.69, 9.17) is 0 Å². The minimum Gasteiger partial charge on any atom is -0.341 e. The van der Waals surface area contributed by atoms with Gasteiger partial charge in [0, 0.05) is 25.6 Å². The number of carbonyl (C=O) groups is 1. The van der Waals surface area contributed by atoms with Crippen molar-refractivity contribution >= 4 is 5.91 Å². The highest BCUT2D eigenvalue weighted by atomic mass is 16.2. The lowest BCUT2D eigenvalue weighted by atomic mass is 9.91.